The largest absolute Gasteiger partial charge is 0.481 e. The van der Waals surface area contributed by atoms with E-state index in [1.54, 1.807) is 11.3 Å². The van der Waals surface area contributed by atoms with Gasteiger partial charge in [0.25, 0.3) is 0 Å². The Bertz CT molecular complexity index is 506. The Morgan fingerprint density at radius 1 is 1.50 bits per heavy atom. The van der Waals surface area contributed by atoms with Gasteiger partial charge in [0.15, 0.2) is 5.13 Å². The molecule has 1 fully saturated rings. The lowest BCUT2D eigenvalue weighted by atomic mass is 9.83. The lowest BCUT2D eigenvalue weighted by molar-refractivity contribution is -0.138. The van der Waals surface area contributed by atoms with Crippen molar-refractivity contribution in [2.45, 2.75) is 57.8 Å². The van der Waals surface area contributed by atoms with Crippen molar-refractivity contribution in [2.24, 2.45) is 5.41 Å². The number of aliphatic carboxylic acids is 1. The SMILES string of the molecule is CCC1(CNc2nc3c(s2)CCC3C(=O)O)CCCC1. The molecule has 1 atom stereocenters. The van der Waals surface area contributed by atoms with E-state index in [9.17, 15) is 9.90 Å². The van der Waals surface area contributed by atoms with Crippen LogP contribution in [0.1, 0.15) is 61.9 Å². The molecule has 20 heavy (non-hydrogen) atoms. The van der Waals surface area contributed by atoms with Crippen molar-refractivity contribution in [3.63, 3.8) is 0 Å². The number of carboxylic acid groups (broad SMARTS) is 1. The maximum atomic E-state index is 11.2. The lowest BCUT2D eigenvalue weighted by Gasteiger charge is -2.27. The molecule has 1 aromatic heterocycles. The fraction of sp³-hybridized carbons (Fsp3) is 0.733. The van der Waals surface area contributed by atoms with Crippen LogP contribution in [0.2, 0.25) is 0 Å². The summed E-state index contributed by atoms with van der Waals surface area (Å²) >= 11 is 1.65. The standard InChI is InChI=1S/C15H22N2O2S/c1-2-15(7-3-4-8-15)9-16-14-17-12-10(13(18)19)5-6-11(12)20-14/h10H,2-9H2,1H3,(H,16,17)(H,18,19). The smallest absolute Gasteiger partial charge is 0.312 e. The third-order valence-corrected chi connectivity index (χ3v) is 6.13. The van der Waals surface area contributed by atoms with Gasteiger partial charge in [-0.2, -0.15) is 0 Å². The quantitative estimate of drug-likeness (QED) is 0.870. The average molecular weight is 294 g/mol. The number of thiazole rings is 1. The molecule has 5 heteroatoms. The number of aryl methyl sites for hydroxylation is 1. The van der Waals surface area contributed by atoms with Crippen molar-refractivity contribution in [3.8, 4) is 0 Å². The van der Waals surface area contributed by atoms with Crippen molar-refractivity contribution in [1.82, 2.24) is 4.98 Å². The number of hydrogen-bond acceptors (Lipinski definition) is 4. The van der Waals surface area contributed by atoms with Crippen LogP contribution in [-0.4, -0.2) is 22.6 Å². The molecular formula is C15H22N2O2S. The Labute approximate surface area is 123 Å². The summed E-state index contributed by atoms with van der Waals surface area (Å²) in [5, 5.41) is 13.6. The molecule has 1 saturated carbocycles. The molecule has 0 saturated heterocycles. The topological polar surface area (TPSA) is 62.2 Å². The third-order valence-electron chi connectivity index (χ3n) is 5.04. The van der Waals surface area contributed by atoms with Crippen LogP contribution in [0.25, 0.3) is 0 Å². The number of carboxylic acids is 1. The molecule has 2 aliphatic rings. The second-order valence-corrected chi connectivity index (χ2v) is 7.25. The molecule has 0 radical (unpaired) electrons. The number of nitrogens with one attached hydrogen (secondary N) is 1. The molecular weight excluding hydrogens is 272 g/mol. The van der Waals surface area contributed by atoms with Crippen molar-refractivity contribution in [2.75, 3.05) is 11.9 Å². The number of carbonyl (C=O) groups is 1. The number of hydrogen-bond donors (Lipinski definition) is 2. The van der Waals surface area contributed by atoms with Crippen molar-refractivity contribution < 1.29 is 9.90 Å². The fourth-order valence-electron chi connectivity index (χ4n) is 3.59. The van der Waals surface area contributed by atoms with Crippen LogP contribution in [0.3, 0.4) is 0 Å². The Kier molecular flexibility index (Phi) is 3.71. The lowest BCUT2D eigenvalue weighted by Crippen LogP contribution is -2.25. The van der Waals surface area contributed by atoms with Crippen molar-refractivity contribution in [1.29, 1.82) is 0 Å². The number of nitrogens with zero attached hydrogens (tertiary/aromatic N) is 1. The summed E-state index contributed by atoms with van der Waals surface area (Å²) in [6.45, 7) is 3.25. The van der Waals surface area contributed by atoms with E-state index in [4.69, 9.17) is 0 Å². The van der Waals surface area contributed by atoms with Crippen LogP contribution in [-0.2, 0) is 11.2 Å². The Morgan fingerprint density at radius 3 is 2.90 bits per heavy atom. The predicted octanol–water partition coefficient (Wildman–Crippen LogP) is 3.64. The molecule has 0 aliphatic heterocycles. The summed E-state index contributed by atoms with van der Waals surface area (Å²) in [5.41, 5.74) is 1.24. The average Bonchev–Trinajstić information content (AvgIpc) is 3.11. The van der Waals surface area contributed by atoms with Crippen LogP contribution >= 0.6 is 11.3 Å². The van der Waals surface area contributed by atoms with E-state index in [1.165, 1.54) is 32.1 Å². The highest BCUT2D eigenvalue weighted by Crippen LogP contribution is 2.42. The monoisotopic (exact) mass is 294 g/mol. The van der Waals surface area contributed by atoms with Crippen LogP contribution < -0.4 is 5.32 Å². The number of anilines is 1. The van der Waals surface area contributed by atoms with Crippen molar-refractivity contribution in [3.05, 3.63) is 10.6 Å². The zero-order valence-corrected chi connectivity index (χ0v) is 12.8. The normalized spacial score (nSPS) is 23.8. The zero-order valence-electron chi connectivity index (χ0n) is 11.9. The summed E-state index contributed by atoms with van der Waals surface area (Å²) in [4.78, 5) is 16.9. The first-order valence-electron chi connectivity index (χ1n) is 7.60. The van der Waals surface area contributed by atoms with E-state index < -0.39 is 5.97 Å². The maximum absolute atomic E-state index is 11.2. The summed E-state index contributed by atoms with van der Waals surface area (Å²) < 4.78 is 0. The molecule has 2 N–H and O–H groups in total. The molecule has 1 aromatic rings. The van der Waals surface area contributed by atoms with E-state index in [0.29, 0.717) is 11.8 Å². The maximum Gasteiger partial charge on any atom is 0.312 e. The van der Waals surface area contributed by atoms with Gasteiger partial charge in [0.2, 0.25) is 0 Å². The van der Waals surface area contributed by atoms with E-state index in [0.717, 1.165) is 28.7 Å². The van der Waals surface area contributed by atoms with E-state index in [-0.39, 0.29) is 5.92 Å². The van der Waals surface area contributed by atoms with Crippen LogP contribution in [0, 0.1) is 5.41 Å². The number of fused-ring (bicyclic) bond motifs is 1. The van der Waals surface area contributed by atoms with Gasteiger partial charge in [-0.1, -0.05) is 19.8 Å². The first-order valence-corrected chi connectivity index (χ1v) is 8.41. The van der Waals surface area contributed by atoms with E-state index >= 15 is 0 Å². The molecule has 0 amide bonds. The van der Waals surface area contributed by atoms with Gasteiger partial charge >= 0.3 is 5.97 Å². The van der Waals surface area contributed by atoms with E-state index in [2.05, 4.69) is 17.2 Å². The van der Waals surface area contributed by atoms with Gasteiger partial charge in [0, 0.05) is 11.4 Å². The highest BCUT2D eigenvalue weighted by atomic mass is 32.1. The molecule has 1 heterocycles. The molecule has 1 unspecified atom stereocenters. The van der Waals surface area contributed by atoms with Gasteiger partial charge in [-0.15, -0.1) is 11.3 Å². The highest BCUT2D eigenvalue weighted by Gasteiger charge is 2.34. The minimum Gasteiger partial charge on any atom is -0.481 e. The van der Waals surface area contributed by atoms with Gasteiger partial charge in [-0.3, -0.25) is 4.79 Å². The zero-order chi connectivity index (χ0) is 14.2. The number of rotatable bonds is 5. The summed E-state index contributed by atoms with van der Waals surface area (Å²) in [6, 6.07) is 0. The molecule has 0 spiro atoms. The van der Waals surface area contributed by atoms with Gasteiger partial charge in [0.05, 0.1) is 5.69 Å². The molecule has 2 aliphatic carbocycles. The van der Waals surface area contributed by atoms with Crippen LogP contribution in [0.15, 0.2) is 0 Å². The fourth-order valence-corrected chi connectivity index (χ4v) is 4.62. The second kappa shape index (κ2) is 5.35. The Morgan fingerprint density at radius 2 is 2.25 bits per heavy atom. The third kappa shape index (κ3) is 2.43. The van der Waals surface area contributed by atoms with Gasteiger partial charge in [-0.05, 0) is 37.5 Å². The minimum absolute atomic E-state index is 0.386. The molecule has 4 nitrogen and oxygen atoms in total. The van der Waals surface area contributed by atoms with Crippen LogP contribution in [0.4, 0.5) is 5.13 Å². The molecule has 3 rings (SSSR count). The van der Waals surface area contributed by atoms with E-state index in [1.807, 2.05) is 0 Å². The first kappa shape index (κ1) is 13.9. The molecule has 0 aromatic carbocycles. The molecule has 110 valence electrons. The summed E-state index contributed by atoms with van der Waals surface area (Å²) in [5.74, 6) is -1.12. The Balaban J connectivity index is 1.68. The summed E-state index contributed by atoms with van der Waals surface area (Å²) in [6.07, 6.45) is 8.07. The predicted molar refractivity (Wildman–Crippen MR) is 80.5 cm³/mol. The van der Waals surface area contributed by atoms with Crippen LogP contribution in [0.5, 0.6) is 0 Å². The summed E-state index contributed by atoms with van der Waals surface area (Å²) in [7, 11) is 0. The first-order chi connectivity index (χ1) is 9.63. The second-order valence-electron chi connectivity index (χ2n) is 6.17. The highest BCUT2D eigenvalue weighted by molar-refractivity contribution is 7.15. The van der Waals surface area contributed by atoms with Gasteiger partial charge in [0.1, 0.15) is 5.92 Å². The van der Waals surface area contributed by atoms with Crippen molar-refractivity contribution >= 4 is 22.4 Å². The minimum atomic E-state index is -0.735. The van der Waals surface area contributed by atoms with Gasteiger partial charge in [-0.25, -0.2) is 4.98 Å². The number of aromatic nitrogens is 1. The molecule has 0 bridgehead atoms. The Hall–Kier alpha value is -1.10. The van der Waals surface area contributed by atoms with Gasteiger partial charge < -0.3 is 10.4 Å².